The Morgan fingerprint density at radius 3 is 2.60 bits per heavy atom. The summed E-state index contributed by atoms with van der Waals surface area (Å²) in [7, 11) is 1.93. The van der Waals surface area contributed by atoms with Crippen molar-refractivity contribution in [3.8, 4) is 11.9 Å². The van der Waals surface area contributed by atoms with E-state index in [1.165, 1.54) is 19.8 Å². The van der Waals surface area contributed by atoms with Gasteiger partial charge in [0.05, 0.1) is 19.3 Å². The average Bonchev–Trinajstić information content (AvgIpc) is 3.50. The van der Waals surface area contributed by atoms with E-state index >= 15 is 0 Å². The fourth-order valence-electron chi connectivity index (χ4n) is 3.85. The zero-order valence-corrected chi connectivity index (χ0v) is 18.1. The molecule has 0 saturated heterocycles. The number of hydrogen-bond acceptors (Lipinski definition) is 6. The molecule has 2 heterocycles. The molecule has 2 fully saturated rings. The Labute approximate surface area is 177 Å². The molecule has 4 rings (SSSR count). The molecule has 164 valence electrons. The van der Waals surface area contributed by atoms with Crippen LogP contribution < -0.4 is 14.8 Å². The normalized spacial score (nSPS) is 22.6. The molecule has 0 spiro atoms. The summed E-state index contributed by atoms with van der Waals surface area (Å²) >= 11 is 0. The van der Waals surface area contributed by atoms with Crippen LogP contribution in [0.3, 0.4) is 0 Å². The van der Waals surface area contributed by atoms with Crippen LogP contribution in [-0.4, -0.2) is 51.9 Å². The second-order valence-electron chi connectivity index (χ2n) is 8.65. The highest BCUT2D eigenvalue weighted by atomic mass is 16.5. The minimum Gasteiger partial charge on any atom is -0.474 e. The van der Waals surface area contributed by atoms with E-state index in [1.54, 1.807) is 0 Å². The molecule has 2 aliphatic carbocycles. The van der Waals surface area contributed by atoms with E-state index in [0.29, 0.717) is 24.4 Å². The number of nitrogens with one attached hydrogen (secondary N) is 1. The topological polar surface area (TPSA) is 87.5 Å². The van der Waals surface area contributed by atoms with Crippen LogP contribution in [0, 0.1) is 5.92 Å². The van der Waals surface area contributed by atoms with E-state index in [9.17, 15) is 4.79 Å². The lowest BCUT2D eigenvalue weighted by atomic mass is 9.95. The van der Waals surface area contributed by atoms with Gasteiger partial charge in [-0.05, 0) is 57.4 Å². The Morgan fingerprint density at radius 1 is 1.17 bits per heavy atom. The van der Waals surface area contributed by atoms with Crippen molar-refractivity contribution in [1.82, 2.24) is 19.9 Å². The number of fused-ring (bicyclic) bond motifs is 1. The number of rotatable bonds is 9. The lowest BCUT2D eigenvalue weighted by molar-refractivity contribution is -0.120. The number of aryl methyl sites for hydroxylation is 1. The van der Waals surface area contributed by atoms with Gasteiger partial charge in [-0.2, -0.15) is 9.97 Å². The van der Waals surface area contributed by atoms with Crippen LogP contribution in [0.25, 0.3) is 11.2 Å². The molecule has 0 bridgehead atoms. The summed E-state index contributed by atoms with van der Waals surface area (Å²) in [4.78, 5) is 20.3. The Hall–Kier alpha value is -2.35. The predicted octanol–water partition coefficient (Wildman–Crippen LogP) is 2.99. The van der Waals surface area contributed by atoms with Gasteiger partial charge in [-0.3, -0.25) is 9.36 Å². The molecule has 2 aromatic heterocycles. The van der Waals surface area contributed by atoms with E-state index in [0.717, 1.165) is 43.5 Å². The maximum Gasteiger partial charge on any atom is 0.298 e. The van der Waals surface area contributed by atoms with E-state index in [2.05, 4.69) is 15.3 Å². The molecule has 1 atom stereocenters. The number of nitrogens with zero attached hydrogens (tertiary/aromatic N) is 3. The number of amides is 1. The number of carbonyl (C=O) groups excluding carboxylic acids is 1. The van der Waals surface area contributed by atoms with E-state index < -0.39 is 0 Å². The van der Waals surface area contributed by atoms with Gasteiger partial charge in [-0.25, -0.2) is 0 Å². The minimum absolute atomic E-state index is 0.0253. The fraction of sp³-hybridized carbons (Fsp3) is 0.682. The first-order valence-electron chi connectivity index (χ1n) is 11.0. The third kappa shape index (κ3) is 5.41. The van der Waals surface area contributed by atoms with Crippen LogP contribution in [-0.2, 0) is 16.6 Å². The highest BCUT2D eigenvalue weighted by Crippen LogP contribution is 2.30. The van der Waals surface area contributed by atoms with Gasteiger partial charge in [0.2, 0.25) is 11.8 Å². The van der Waals surface area contributed by atoms with Gasteiger partial charge in [0.25, 0.3) is 6.01 Å². The Bertz CT molecular complexity index is 871. The fourth-order valence-corrected chi connectivity index (χ4v) is 3.85. The smallest absolute Gasteiger partial charge is 0.298 e. The summed E-state index contributed by atoms with van der Waals surface area (Å²) in [6.07, 6.45) is 6.62. The third-order valence-corrected chi connectivity index (χ3v) is 5.74. The van der Waals surface area contributed by atoms with Crippen molar-refractivity contribution >= 4 is 17.1 Å². The number of carbonyl (C=O) groups is 1. The van der Waals surface area contributed by atoms with Gasteiger partial charge in [-0.15, -0.1) is 0 Å². The standard InChI is InChI=1S/C22H32N4O4/c1-14(23-15(2)27)12-28-17-6-8-18(9-7-17)30-20-11-10-19-21(25-20)26(3)22(24-19)29-13-16-4-5-16/h10-11,14,16-18H,4-9,12-13H2,1-3H3,(H,23,27)/t14-,17?,18?/m0/s1. The van der Waals surface area contributed by atoms with Crippen molar-refractivity contribution < 1.29 is 19.0 Å². The van der Waals surface area contributed by atoms with Crippen molar-refractivity contribution in [2.24, 2.45) is 13.0 Å². The predicted molar refractivity (Wildman–Crippen MR) is 113 cm³/mol. The zero-order chi connectivity index (χ0) is 21.1. The molecule has 8 heteroatoms. The summed E-state index contributed by atoms with van der Waals surface area (Å²) in [6.45, 7) is 4.76. The molecule has 1 amide bonds. The number of hydrogen-bond donors (Lipinski definition) is 1. The Morgan fingerprint density at radius 2 is 1.90 bits per heavy atom. The minimum atomic E-state index is -0.0253. The van der Waals surface area contributed by atoms with Crippen LogP contribution in [0.15, 0.2) is 12.1 Å². The van der Waals surface area contributed by atoms with Crippen LogP contribution in [0.1, 0.15) is 52.4 Å². The molecular formula is C22H32N4O4. The number of pyridine rings is 1. The van der Waals surface area contributed by atoms with E-state index in [1.807, 2.05) is 30.7 Å². The van der Waals surface area contributed by atoms with Gasteiger partial charge < -0.3 is 19.5 Å². The third-order valence-electron chi connectivity index (χ3n) is 5.74. The largest absolute Gasteiger partial charge is 0.474 e. The van der Waals surface area contributed by atoms with Crippen LogP contribution in [0.2, 0.25) is 0 Å². The first-order valence-corrected chi connectivity index (χ1v) is 11.0. The van der Waals surface area contributed by atoms with Crippen LogP contribution >= 0.6 is 0 Å². The van der Waals surface area contributed by atoms with Crippen molar-refractivity contribution in [2.75, 3.05) is 13.2 Å². The lowest BCUT2D eigenvalue weighted by Gasteiger charge is -2.29. The SMILES string of the molecule is CC(=O)N[C@@H](C)COC1CCC(Oc2ccc3nc(OCC4CC4)n(C)c3n2)CC1. The molecule has 2 aliphatic rings. The first-order chi connectivity index (χ1) is 14.5. The Balaban J connectivity index is 1.27. The maximum absolute atomic E-state index is 11.1. The number of imidazole rings is 1. The summed E-state index contributed by atoms with van der Waals surface area (Å²) in [5, 5.41) is 2.85. The monoisotopic (exact) mass is 416 g/mol. The molecule has 30 heavy (non-hydrogen) atoms. The van der Waals surface area contributed by atoms with E-state index in [4.69, 9.17) is 14.2 Å². The second-order valence-corrected chi connectivity index (χ2v) is 8.65. The van der Waals surface area contributed by atoms with Gasteiger partial charge in [0, 0.05) is 26.1 Å². The highest BCUT2D eigenvalue weighted by molar-refractivity contribution is 5.73. The zero-order valence-electron chi connectivity index (χ0n) is 18.1. The maximum atomic E-state index is 11.1. The molecule has 0 unspecified atom stereocenters. The summed E-state index contributed by atoms with van der Waals surface area (Å²) in [5.74, 6) is 1.29. The lowest BCUT2D eigenvalue weighted by Crippen LogP contribution is -2.36. The number of ether oxygens (including phenoxy) is 3. The molecule has 8 nitrogen and oxygen atoms in total. The van der Waals surface area contributed by atoms with Crippen molar-refractivity contribution in [3.05, 3.63) is 12.1 Å². The summed E-state index contributed by atoms with van der Waals surface area (Å²) in [6, 6.07) is 4.48. The van der Waals surface area contributed by atoms with Crippen molar-refractivity contribution in [3.63, 3.8) is 0 Å². The van der Waals surface area contributed by atoms with Crippen LogP contribution in [0.5, 0.6) is 11.9 Å². The van der Waals surface area contributed by atoms with E-state index in [-0.39, 0.29) is 24.2 Å². The van der Waals surface area contributed by atoms with Crippen LogP contribution in [0.4, 0.5) is 0 Å². The van der Waals surface area contributed by atoms with Crippen molar-refractivity contribution in [2.45, 2.75) is 70.6 Å². The summed E-state index contributed by atoms with van der Waals surface area (Å²) in [5.41, 5.74) is 1.60. The number of aromatic nitrogens is 3. The van der Waals surface area contributed by atoms with Gasteiger partial charge in [0.1, 0.15) is 11.6 Å². The highest BCUT2D eigenvalue weighted by Gasteiger charge is 2.25. The summed E-state index contributed by atoms with van der Waals surface area (Å²) < 4.78 is 19.8. The van der Waals surface area contributed by atoms with Gasteiger partial charge in [0.15, 0.2) is 5.65 Å². The quantitative estimate of drug-likeness (QED) is 0.676. The molecule has 0 radical (unpaired) electrons. The molecule has 0 aromatic carbocycles. The second kappa shape index (κ2) is 9.20. The molecule has 2 saturated carbocycles. The molecule has 2 aromatic rings. The molecule has 0 aliphatic heterocycles. The van der Waals surface area contributed by atoms with Crippen molar-refractivity contribution in [1.29, 1.82) is 0 Å². The first kappa shape index (κ1) is 20.9. The molecular weight excluding hydrogens is 384 g/mol. The van der Waals surface area contributed by atoms with Gasteiger partial charge in [-0.1, -0.05) is 0 Å². The van der Waals surface area contributed by atoms with Gasteiger partial charge >= 0.3 is 0 Å². The Kier molecular flexibility index (Phi) is 6.41. The molecule has 1 N–H and O–H groups in total. The average molecular weight is 417 g/mol.